The molecule has 0 spiro atoms. The lowest BCUT2D eigenvalue weighted by Gasteiger charge is -2.05. The normalized spacial score (nSPS) is 11.1. The summed E-state index contributed by atoms with van der Waals surface area (Å²) in [5, 5.41) is 18.1. The fraction of sp³-hybridized carbons (Fsp3) is 0.333. The highest BCUT2D eigenvalue weighted by Crippen LogP contribution is 2.29. The molecule has 0 unspecified atom stereocenters. The van der Waals surface area contributed by atoms with Crippen molar-refractivity contribution in [2.45, 2.75) is 32.6 Å². The van der Waals surface area contributed by atoms with Gasteiger partial charge in [0.2, 0.25) is 5.13 Å². The van der Waals surface area contributed by atoms with Crippen LogP contribution in [0.4, 0.5) is 5.13 Å². The number of aromatic nitrogens is 3. The summed E-state index contributed by atoms with van der Waals surface area (Å²) in [5.74, 6) is 0.625. The lowest BCUT2D eigenvalue weighted by molar-refractivity contribution is 0.101. The predicted molar refractivity (Wildman–Crippen MR) is 91.0 cm³/mol. The molecule has 23 heavy (non-hydrogen) atoms. The molecular weight excluding hydrogens is 332 g/mol. The molecule has 0 fully saturated rings. The van der Waals surface area contributed by atoms with Gasteiger partial charge in [0.15, 0.2) is 11.5 Å². The summed E-state index contributed by atoms with van der Waals surface area (Å²) in [6, 6.07) is 5.46. The number of rotatable bonds is 6. The second-order valence-corrected chi connectivity index (χ2v) is 6.92. The van der Waals surface area contributed by atoms with Crippen molar-refractivity contribution in [1.29, 1.82) is 0 Å². The van der Waals surface area contributed by atoms with Gasteiger partial charge >= 0.3 is 0 Å². The molecule has 6 nitrogen and oxygen atoms in total. The van der Waals surface area contributed by atoms with E-state index in [1.165, 1.54) is 22.7 Å². The largest absolute Gasteiger partial charge is 0.355 e. The van der Waals surface area contributed by atoms with E-state index in [1.807, 2.05) is 17.5 Å². The van der Waals surface area contributed by atoms with Crippen LogP contribution < -0.4 is 5.32 Å². The number of nitrogens with zero attached hydrogens (tertiary/aromatic N) is 3. The van der Waals surface area contributed by atoms with Crippen LogP contribution in [0.2, 0.25) is 0 Å². The van der Waals surface area contributed by atoms with E-state index >= 15 is 0 Å². The molecule has 3 heterocycles. The number of amides is 1. The van der Waals surface area contributed by atoms with Gasteiger partial charge in [0.1, 0.15) is 5.01 Å². The van der Waals surface area contributed by atoms with Gasteiger partial charge in [0, 0.05) is 12.0 Å². The van der Waals surface area contributed by atoms with Crippen LogP contribution in [0.15, 0.2) is 28.1 Å². The van der Waals surface area contributed by atoms with Crippen LogP contribution in [0.3, 0.4) is 0 Å². The zero-order valence-electron chi connectivity index (χ0n) is 12.8. The SMILES string of the molecule is CCC(CC)c1nnc(NC(=O)c2cc(-c3cccs3)on2)s1. The molecule has 3 aromatic rings. The molecule has 1 amide bonds. The highest BCUT2D eigenvalue weighted by Gasteiger charge is 2.18. The van der Waals surface area contributed by atoms with Gasteiger partial charge in [-0.05, 0) is 24.3 Å². The first kappa shape index (κ1) is 15.8. The Labute approximate surface area is 141 Å². The summed E-state index contributed by atoms with van der Waals surface area (Å²) in [4.78, 5) is 13.2. The van der Waals surface area contributed by atoms with Gasteiger partial charge < -0.3 is 4.52 Å². The third-order valence-electron chi connectivity index (χ3n) is 3.50. The average molecular weight is 348 g/mol. The van der Waals surface area contributed by atoms with E-state index in [0.29, 0.717) is 16.8 Å². The Morgan fingerprint density at radius 3 is 2.87 bits per heavy atom. The highest BCUT2D eigenvalue weighted by atomic mass is 32.1. The number of hydrogen-bond donors (Lipinski definition) is 1. The molecule has 0 radical (unpaired) electrons. The van der Waals surface area contributed by atoms with E-state index in [1.54, 1.807) is 6.07 Å². The van der Waals surface area contributed by atoms with Gasteiger partial charge in [-0.1, -0.05) is 36.4 Å². The van der Waals surface area contributed by atoms with Crippen LogP contribution in [-0.4, -0.2) is 21.3 Å². The predicted octanol–water partition coefficient (Wildman–Crippen LogP) is 4.41. The number of carbonyl (C=O) groups is 1. The maximum absolute atomic E-state index is 12.2. The van der Waals surface area contributed by atoms with Crippen LogP contribution in [0.1, 0.15) is 48.1 Å². The molecule has 0 aliphatic heterocycles. The van der Waals surface area contributed by atoms with Crippen molar-refractivity contribution in [2.24, 2.45) is 0 Å². The first-order valence-electron chi connectivity index (χ1n) is 7.36. The van der Waals surface area contributed by atoms with Gasteiger partial charge in [-0.3, -0.25) is 10.1 Å². The molecule has 120 valence electrons. The first-order valence-corrected chi connectivity index (χ1v) is 9.06. The molecule has 0 atom stereocenters. The molecular formula is C15H16N4O2S2. The maximum Gasteiger partial charge on any atom is 0.279 e. The van der Waals surface area contributed by atoms with Crippen molar-refractivity contribution in [3.63, 3.8) is 0 Å². The Morgan fingerprint density at radius 1 is 1.35 bits per heavy atom. The van der Waals surface area contributed by atoms with E-state index in [2.05, 4.69) is 34.5 Å². The number of nitrogens with one attached hydrogen (secondary N) is 1. The number of hydrogen-bond acceptors (Lipinski definition) is 7. The summed E-state index contributed by atoms with van der Waals surface area (Å²) in [5.41, 5.74) is 0.229. The summed E-state index contributed by atoms with van der Waals surface area (Å²) in [6.07, 6.45) is 2.01. The average Bonchev–Trinajstić information content (AvgIpc) is 3.29. The molecule has 3 rings (SSSR count). The Bertz CT molecular complexity index is 775. The van der Waals surface area contributed by atoms with Crippen LogP contribution in [0.5, 0.6) is 0 Å². The van der Waals surface area contributed by atoms with E-state index in [9.17, 15) is 4.79 Å². The second kappa shape index (κ2) is 7.01. The zero-order valence-corrected chi connectivity index (χ0v) is 14.4. The fourth-order valence-corrected chi connectivity index (χ4v) is 3.84. The topological polar surface area (TPSA) is 80.9 Å². The Kier molecular flexibility index (Phi) is 4.82. The quantitative estimate of drug-likeness (QED) is 0.713. The van der Waals surface area contributed by atoms with Crippen molar-refractivity contribution in [3.05, 3.63) is 34.3 Å². The van der Waals surface area contributed by atoms with Crippen LogP contribution in [-0.2, 0) is 0 Å². The monoisotopic (exact) mass is 348 g/mol. The van der Waals surface area contributed by atoms with Gasteiger partial charge in [-0.25, -0.2) is 0 Å². The smallest absolute Gasteiger partial charge is 0.279 e. The van der Waals surface area contributed by atoms with Crippen LogP contribution >= 0.6 is 22.7 Å². The van der Waals surface area contributed by atoms with E-state index in [4.69, 9.17) is 4.52 Å². The molecule has 0 aliphatic carbocycles. The number of carbonyl (C=O) groups excluding carboxylic acids is 1. The first-order chi connectivity index (χ1) is 11.2. The van der Waals surface area contributed by atoms with Crippen molar-refractivity contribution in [3.8, 4) is 10.6 Å². The number of thiophene rings is 1. The molecule has 0 saturated carbocycles. The summed E-state index contributed by atoms with van der Waals surface area (Å²) >= 11 is 2.94. The van der Waals surface area contributed by atoms with Crippen LogP contribution in [0, 0.1) is 0 Å². The van der Waals surface area contributed by atoms with Crippen molar-refractivity contribution in [2.75, 3.05) is 5.32 Å². The Morgan fingerprint density at radius 2 is 2.17 bits per heavy atom. The second-order valence-electron chi connectivity index (χ2n) is 4.97. The van der Waals surface area contributed by atoms with E-state index < -0.39 is 0 Å². The van der Waals surface area contributed by atoms with Gasteiger partial charge in [-0.2, -0.15) is 0 Å². The van der Waals surface area contributed by atoms with Crippen molar-refractivity contribution in [1.82, 2.24) is 15.4 Å². The Balaban J connectivity index is 1.70. The standard InChI is InChI=1S/C15H16N4O2S2/c1-3-9(4-2)14-17-18-15(23-14)16-13(20)10-8-11(21-19-10)12-6-5-7-22-12/h5-9H,3-4H2,1-2H3,(H,16,18,20). The summed E-state index contributed by atoms with van der Waals surface area (Å²) < 4.78 is 5.21. The van der Waals surface area contributed by atoms with Gasteiger partial charge in [-0.15, -0.1) is 21.5 Å². The lowest BCUT2D eigenvalue weighted by Crippen LogP contribution is -2.11. The minimum absolute atomic E-state index is 0.229. The molecule has 0 bridgehead atoms. The minimum Gasteiger partial charge on any atom is -0.355 e. The van der Waals surface area contributed by atoms with Gasteiger partial charge in [0.25, 0.3) is 5.91 Å². The Hall–Kier alpha value is -2.06. The molecule has 3 aromatic heterocycles. The van der Waals surface area contributed by atoms with E-state index in [0.717, 1.165) is 22.7 Å². The number of anilines is 1. The van der Waals surface area contributed by atoms with Crippen molar-refractivity contribution < 1.29 is 9.32 Å². The third kappa shape index (κ3) is 3.48. The molecule has 0 saturated heterocycles. The molecule has 0 aromatic carbocycles. The summed E-state index contributed by atoms with van der Waals surface area (Å²) in [6.45, 7) is 4.24. The molecule has 0 aliphatic rings. The lowest BCUT2D eigenvalue weighted by atomic mass is 10.1. The minimum atomic E-state index is -0.344. The molecule has 1 N–H and O–H groups in total. The van der Waals surface area contributed by atoms with Gasteiger partial charge in [0.05, 0.1) is 4.88 Å². The van der Waals surface area contributed by atoms with Crippen molar-refractivity contribution >= 4 is 33.7 Å². The maximum atomic E-state index is 12.2. The van der Waals surface area contributed by atoms with E-state index in [-0.39, 0.29) is 11.6 Å². The zero-order chi connectivity index (χ0) is 16.2. The highest BCUT2D eigenvalue weighted by molar-refractivity contribution is 7.15. The summed E-state index contributed by atoms with van der Waals surface area (Å²) in [7, 11) is 0. The molecule has 8 heteroatoms. The third-order valence-corrected chi connectivity index (χ3v) is 5.39. The van der Waals surface area contributed by atoms with Crippen LogP contribution in [0.25, 0.3) is 10.6 Å². The fourth-order valence-electron chi connectivity index (χ4n) is 2.17.